The number of halogens is 1. The van der Waals surface area contributed by atoms with Crippen LogP contribution in [0.5, 0.6) is 0 Å². The average Bonchev–Trinajstić information content (AvgIpc) is 2.61. The summed E-state index contributed by atoms with van der Waals surface area (Å²) >= 11 is 5.92. The average molecular weight is 237 g/mol. The maximum atomic E-state index is 10.8. The van der Waals surface area contributed by atoms with Gasteiger partial charge in [0.25, 0.3) is 0 Å². The van der Waals surface area contributed by atoms with E-state index >= 15 is 0 Å². The minimum atomic E-state index is -1.11. The van der Waals surface area contributed by atoms with Crippen molar-refractivity contribution in [3.05, 3.63) is 40.5 Å². The molecule has 0 aliphatic carbocycles. The molecule has 2 N–H and O–H groups in total. The highest BCUT2D eigenvalue weighted by Crippen LogP contribution is 2.28. The lowest BCUT2D eigenvalue weighted by atomic mass is 10.1. The van der Waals surface area contributed by atoms with Gasteiger partial charge in [0, 0.05) is 5.56 Å². The number of aromatic nitrogens is 2. The molecule has 0 unspecified atom stereocenters. The van der Waals surface area contributed by atoms with Gasteiger partial charge in [-0.3, -0.25) is 5.10 Å². The Hall–Kier alpha value is -1.81. The van der Waals surface area contributed by atoms with Gasteiger partial charge in [-0.15, -0.1) is 0 Å². The first-order valence-electron chi connectivity index (χ1n) is 4.64. The first-order chi connectivity index (χ1) is 7.59. The molecule has 0 radical (unpaired) electrons. The molecule has 16 heavy (non-hydrogen) atoms. The third kappa shape index (κ3) is 1.79. The topological polar surface area (TPSA) is 66.0 Å². The number of benzene rings is 1. The summed E-state index contributed by atoms with van der Waals surface area (Å²) in [6, 6.07) is 7.54. The molecule has 0 amide bonds. The molecule has 2 rings (SSSR count). The monoisotopic (exact) mass is 236 g/mol. The molecule has 82 valence electrons. The first-order valence-corrected chi connectivity index (χ1v) is 5.01. The van der Waals surface area contributed by atoms with Gasteiger partial charge in [-0.1, -0.05) is 41.4 Å². The molecule has 0 fully saturated rings. The fourth-order valence-electron chi connectivity index (χ4n) is 1.37. The molecule has 5 heteroatoms. The second kappa shape index (κ2) is 3.98. The molecular formula is C11H9ClN2O2. The second-order valence-corrected chi connectivity index (χ2v) is 3.81. The highest BCUT2D eigenvalue weighted by molar-refractivity contribution is 6.35. The predicted octanol–water partition coefficient (Wildman–Crippen LogP) is 2.74. The molecule has 1 aromatic carbocycles. The molecule has 0 saturated carbocycles. The molecular weight excluding hydrogens is 228 g/mol. The Labute approximate surface area is 96.9 Å². The highest BCUT2D eigenvalue weighted by Gasteiger charge is 2.17. The van der Waals surface area contributed by atoms with Gasteiger partial charge in [0.05, 0.1) is 0 Å². The minimum Gasteiger partial charge on any atom is -0.476 e. The summed E-state index contributed by atoms with van der Waals surface area (Å²) in [6.45, 7) is 1.97. The number of carboxylic acids is 1. The number of rotatable bonds is 2. The Morgan fingerprint density at radius 3 is 2.50 bits per heavy atom. The molecule has 2 aromatic rings. The van der Waals surface area contributed by atoms with Crippen LogP contribution in [0.4, 0.5) is 0 Å². The SMILES string of the molecule is Cc1ccc(-c2n[nH]c(C(=O)O)c2Cl)cc1. The van der Waals surface area contributed by atoms with Gasteiger partial charge in [0.15, 0.2) is 5.69 Å². The van der Waals surface area contributed by atoms with Crippen molar-refractivity contribution in [3.8, 4) is 11.3 Å². The van der Waals surface area contributed by atoms with E-state index in [0.29, 0.717) is 5.69 Å². The second-order valence-electron chi connectivity index (χ2n) is 3.43. The zero-order chi connectivity index (χ0) is 11.7. The largest absolute Gasteiger partial charge is 0.476 e. The zero-order valence-corrected chi connectivity index (χ0v) is 9.25. The van der Waals surface area contributed by atoms with Crippen molar-refractivity contribution in [1.29, 1.82) is 0 Å². The number of hydrogen-bond acceptors (Lipinski definition) is 2. The van der Waals surface area contributed by atoms with Crippen LogP contribution in [0.3, 0.4) is 0 Å². The van der Waals surface area contributed by atoms with Gasteiger partial charge >= 0.3 is 5.97 Å². The lowest BCUT2D eigenvalue weighted by Gasteiger charge is -1.98. The Balaban J connectivity index is 2.49. The Kier molecular flexibility index (Phi) is 2.66. The highest BCUT2D eigenvalue weighted by atomic mass is 35.5. The smallest absolute Gasteiger partial charge is 0.355 e. The van der Waals surface area contributed by atoms with Crippen molar-refractivity contribution in [1.82, 2.24) is 10.2 Å². The maximum Gasteiger partial charge on any atom is 0.355 e. The summed E-state index contributed by atoms with van der Waals surface area (Å²) in [4.78, 5) is 10.8. The van der Waals surface area contributed by atoms with Crippen LogP contribution in [0.2, 0.25) is 5.02 Å². The third-order valence-corrected chi connectivity index (χ3v) is 2.61. The van der Waals surface area contributed by atoms with Crippen LogP contribution in [0.15, 0.2) is 24.3 Å². The van der Waals surface area contributed by atoms with Gasteiger partial charge in [-0.05, 0) is 6.92 Å². The van der Waals surface area contributed by atoms with Gasteiger partial charge < -0.3 is 5.11 Å². The summed E-state index contributed by atoms with van der Waals surface area (Å²) in [7, 11) is 0. The summed E-state index contributed by atoms with van der Waals surface area (Å²) in [5, 5.41) is 15.3. The number of aryl methyl sites for hydroxylation is 1. The number of H-pyrrole nitrogens is 1. The van der Waals surface area contributed by atoms with E-state index in [1.807, 2.05) is 31.2 Å². The summed E-state index contributed by atoms with van der Waals surface area (Å²) in [5.41, 5.74) is 2.28. The number of carbonyl (C=O) groups is 1. The van der Waals surface area contributed by atoms with Crippen LogP contribution in [0.1, 0.15) is 16.1 Å². The Morgan fingerprint density at radius 2 is 2.00 bits per heavy atom. The number of hydrogen-bond donors (Lipinski definition) is 2. The van der Waals surface area contributed by atoms with E-state index in [9.17, 15) is 4.79 Å². The van der Waals surface area contributed by atoms with Gasteiger partial charge in [-0.2, -0.15) is 5.10 Å². The third-order valence-electron chi connectivity index (χ3n) is 2.25. The Morgan fingerprint density at radius 1 is 1.38 bits per heavy atom. The minimum absolute atomic E-state index is 0.0859. The van der Waals surface area contributed by atoms with Gasteiger partial charge in [-0.25, -0.2) is 4.79 Å². The first kappa shape index (κ1) is 10.7. The number of nitrogens with zero attached hydrogens (tertiary/aromatic N) is 1. The molecule has 1 aromatic heterocycles. The van der Waals surface area contributed by atoms with Crippen molar-refractivity contribution in [2.24, 2.45) is 0 Å². The number of nitrogens with one attached hydrogen (secondary N) is 1. The van der Waals surface area contributed by atoms with Crippen LogP contribution in [-0.2, 0) is 0 Å². The summed E-state index contributed by atoms with van der Waals surface area (Å²) < 4.78 is 0. The standard InChI is InChI=1S/C11H9ClN2O2/c1-6-2-4-7(5-3-6)9-8(12)10(11(15)16)14-13-9/h2-5H,1H3,(H,13,14)(H,15,16). The number of aromatic carboxylic acids is 1. The van der Waals surface area contributed by atoms with Crippen LogP contribution in [0, 0.1) is 6.92 Å². The zero-order valence-electron chi connectivity index (χ0n) is 8.49. The van der Waals surface area contributed by atoms with E-state index < -0.39 is 5.97 Å². The molecule has 4 nitrogen and oxygen atoms in total. The number of carboxylic acid groups (broad SMARTS) is 1. The summed E-state index contributed by atoms with van der Waals surface area (Å²) in [6.07, 6.45) is 0. The van der Waals surface area contributed by atoms with Crippen molar-refractivity contribution in [2.45, 2.75) is 6.92 Å². The lowest BCUT2D eigenvalue weighted by molar-refractivity contribution is 0.0690. The fraction of sp³-hybridized carbons (Fsp3) is 0.0909. The van der Waals surface area contributed by atoms with Gasteiger partial charge in [0.1, 0.15) is 10.7 Å². The van der Waals surface area contributed by atoms with Crippen molar-refractivity contribution < 1.29 is 9.90 Å². The quantitative estimate of drug-likeness (QED) is 0.843. The van der Waals surface area contributed by atoms with E-state index in [0.717, 1.165) is 11.1 Å². The fourth-order valence-corrected chi connectivity index (χ4v) is 1.65. The molecule has 0 aliphatic rings. The van der Waals surface area contributed by atoms with Crippen LogP contribution in [0.25, 0.3) is 11.3 Å². The molecule has 0 spiro atoms. The molecule has 1 heterocycles. The van der Waals surface area contributed by atoms with Crippen LogP contribution < -0.4 is 0 Å². The maximum absolute atomic E-state index is 10.8. The van der Waals surface area contributed by atoms with Crippen LogP contribution >= 0.6 is 11.6 Å². The molecule has 0 bridgehead atoms. The van der Waals surface area contributed by atoms with Crippen molar-refractivity contribution in [2.75, 3.05) is 0 Å². The van der Waals surface area contributed by atoms with Crippen LogP contribution in [-0.4, -0.2) is 21.3 Å². The molecule has 0 aliphatic heterocycles. The Bertz CT molecular complexity index is 531. The lowest BCUT2D eigenvalue weighted by Crippen LogP contribution is -1.96. The van der Waals surface area contributed by atoms with Crippen molar-refractivity contribution >= 4 is 17.6 Å². The summed E-state index contributed by atoms with van der Waals surface area (Å²) in [5.74, 6) is -1.11. The number of aromatic amines is 1. The normalized spacial score (nSPS) is 10.4. The van der Waals surface area contributed by atoms with Crippen molar-refractivity contribution in [3.63, 3.8) is 0 Å². The predicted molar refractivity (Wildman–Crippen MR) is 60.7 cm³/mol. The van der Waals surface area contributed by atoms with E-state index in [1.165, 1.54) is 0 Å². The van der Waals surface area contributed by atoms with Gasteiger partial charge in [0.2, 0.25) is 0 Å². The molecule has 0 saturated heterocycles. The van der Waals surface area contributed by atoms with E-state index in [-0.39, 0.29) is 10.7 Å². The van der Waals surface area contributed by atoms with E-state index in [4.69, 9.17) is 16.7 Å². The van der Waals surface area contributed by atoms with E-state index in [2.05, 4.69) is 10.2 Å². The molecule has 0 atom stereocenters. The van der Waals surface area contributed by atoms with E-state index in [1.54, 1.807) is 0 Å².